The Morgan fingerprint density at radius 2 is 1.90 bits per heavy atom. The molecule has 1 fully saturated rings. The van der Waals surface area contributed by atoms with Crippen molar-refractivity contribution < 1.29 is 14.3 Å². The number of rotatable bonds is 5. The minimum absolute atomic E-state index is 0.0931. The largest absolute Gasteiger partial charge is 0.497 e. The molecule has 116 valence electrons. The lowest BCUT2D eigenvalue weighted by Crippen LogP contribution is -2.34. The fourth-order valence-corrected chi connectivity index (χ4v) is 2.95. The van der Waals surface area contributed by atoms with Crippen LogP contribution in [0.5, 0.6) is 11.5 Å². The number of hydrogen-bond acceptors (Lipinski definition) is 3. The number of benzene rings is 1. The second-order valence-corrected chi connectivity index (χ2v) is 5.67. The molecule has 0 unspecified atom stereocenters. The van der Waals surface area contributed by atoms with Gasteiger partial charge in [-0.3, -0.25) is 4.79 Å². The molecule has 1 aromatic carbocycles. The Bertz CT molecular complexity index is 481. The van der Waals surface area contributed by atoms with E-state index in [0.29, 0.717) is 0 Å². The third-order valence-electron chi connectivity index (χ3n) is 4.24. The molecule has 2 rings (SSSR count). The van der Waals surface area contributed by atoms with Crippen molar-refractivity contribution in [3.63, 3.8) is 0 Å². The van der Waals surface area contributed by atoms with Crippen LogP contribution in [0.25, 0.3) is 0 Å². The molecule has 1 amide bonds. The Hall–Kier alpha value is -1.71. The summed E-state index contributed by atoms with van der Waals surface area (Å²) >= 11 is 0. The molecule has 0 heterocycles. The molecule has 4 heteroatoms. The van der Waals surface area contributed by atoms with Gasteiger partial charge in [0.2, 0.25) is 5.91 Å². The molecule has 1 aliphatic carbocycles. The molecule has 0 radical (unpaired) electrons. The summed E-state index contributed by atoms with van der Waals surface area (Å²) in [7, 11) is 3.28. The van der Waals surface area contributed by atoms with Crippen LogP contribution in [0.15, 0.2) is 18.2 Å². The minimum atomic E-state index is -0.0931. The molecule has 1 saturated carbocycles. The summed E-state index contributed by atoms with van der Waals surface area (Å²) in [5.74, 6) is 1.86. The van der Waals surface area contributed by atoms with Crippen LogP contribution < -0.4 is 14.8 Å². The van der Waals surface area contributed by atoms with Gasteiger partial charge in [0.25, 0.3) is 0 Å². The van der Waals surface area contributed by atoms with Crippen LogP contribution in [-0.4, -0.2) is 20.1 Å². The van der Waals surface area contributed by atoms with Gasteiger partial charge in [0, 0.05) is 11.5 Å². The fraction of sp³-hybridized carbons (Fsp3) is 0.588. The first-order chi connectivity index (χ1) is 10.2. The quantitative estimate of drug-likeness (QED) is 0.903. The number of nitrogens with one attached hydrogen (secondary N) is 1. The lowest BCUT2D eigenvalue weighted by Gasteiger charge is -2.24. The van der Waals surface area contributed by atoms with Crippen molar-refractivity contribution in [2.45, 2.75) is 45.1 Å². The van der Waals surface area contributed by atoms with Gasteiger partial charge in [0.1, 0.15) is 11.5 Å². The zero-order valence-corrected chi connectivity index (χ0v) is 13.1. The summed E-state index contributed by atoms with van der Waals surface area (Å²) in [6.45, 7) is 1.98. The van der Waals surface area contributed by atoms with Crippen molar-refractivity contribution >= 4 is 5.91 Å². The van der Waals surface area contributed by atoms with Gasteiger partial charge < -0.3 is 14.8 Å². The number of carbonyl (C=O) groups is 1. The highest BCUT2D eigenvalue weighted by atomic mass is 16.5. The zero-order valence-electron chi connectivity index (χ0n) is 13.1. The van der Waals surface area contributed by atoms with Gasteiger partial charge in [0.15, 0.2) is 0 Å². The van der Waals surface area contributed by atoms with Crippen molar-refractivity contribution in [1.82, 2.24) is 5.32 Å². The van der Waals surface area contributed by atoms with E-state index in [0.717, 1.165) is 42.7 Å². The van der Waals surface area contributed by atoms with E-state index in [9.17, 15) is 4.79 Å². The Balaban J connectivity index is 2.08. The van der Waals surface area contributed by atoms with E-state index < -0.39 is 0 Å². The maximum atomic E-state index is 12.4. The first kappa shape index (κ1) is 15.7. The van der Waals surface area contributed by atoms with Crippen molar-refractivity contribution in [3.8, 4) is 11.5 Å². The van der Waals surface area contributed by atoms with Crippen LogP contribution in [0.3, 0.4) is 0 Å². The number of hydrogen-bond donors (Lipinski definition) is 1. The standard InChI is InChI=1S/C17H25NO3/c1-12(18-17(19)13-7-5-4-6-8-13)15-11-14(20-2)9-10-16(15)21-3/h9-13H,4-8H2,1-3H3,(H,18,19)/t12-/m0/s1. The van der Waals surface area contributed by atoms with E-state index in [1.165, 1.54) is 6.42 Å². The number of methoxy groups -OCH3 is 2. The van der Waals surface area contributed by atoms with Gasteiger partial charge in [-0.15, -0.1) is 0 Å². The van der Waals surface area contributed by atoms with Crippen molar-refractivity contribution in [3.05, 3.63) is 23.8 Å². The Kier molecular flexibility index (Phi) is 5.48. The van der Waals surface area contributed by atoms with Crippen LogP contribution in [-0.2, 0) is 4.79 Å². The third kappa shape index (κ3) is 3.90. The van der Waals surface area contributed by atoms with E-state index in [2.05, 4.69) is 5.32 Å². The number of amides is 1. The Morgan fingerprint density at radius 1 is 1.19 bits per heavy atom. The average molecular weight is 291 g/mol. The molecule has 1 aliphatic rings. The normalized spacial score (nSPS) is 17.1. The summed E-state index contributed by atoms with van der Waals surface area (Å²) in [5, 5.41) is 3.12. The lowest BCUT2D eigenvalue weighted by atomic mass is 9.88. The van der Waals surface area contributed by atoms with Crippen LogP contribution >= 0.6 is 0 Å². The van der Waals surface area contributed by atoms with Crippen molar-refractivity contribution in [1.29, 1.82) is 0 Å². The van der Waals surface area contributed by atoms with E-state index in [-0.39, 0.29) is 17.9 Å². The van der Waals surface area contributed by atoms with Crippen molar-refractivity contribution in [2.24, 2.45) is 5.92 Å². The maximum Gasteiger partial charge on any atom is 0.223 e. The summed E-state index contributed by atoms with van der Waals surface area (Å²) in [5.41, 5.74) is 0.945. The average Bonchev–Trinajstić information content (AvgIpc) is 2.54. The van der Waals surface area contributed by atoms with Crippen molar-refractivity contribution in [2.75, 3.05) is 14.2 Å². The molecule has 4 nitrogen and oxygen atoms in total. The van der Waals surface area contributed by atoms with Gasteiger partial charge in [-0.2, -0.15) is 0 Å². The first-order valence-corrected chi connectivity index (χ1v) is 7.68. The van der Waals surface area contributed by atoms with Crippen LogP contribution in [0.2, 0.25) is 0 Å². The summed E-state index contributed by atoms with van der Waals surface area (Å²) in [6.07, 6.45) is 5.59. The van der Waals surface area contributed by atoms with E-state index in [1.807, 2.05) is 25.1 Å². The molecule has 1 N–H and O–H groups in total. The van der Waals surface area contributed by atoms with E-state index in [1.54, 1.807) is 14.2 Å². The smallest absolute Gasteiger partial charge is 0.223 e. The maximum absolute atomic E-state index is 12.4. The predicted molar refractivity (Wildman–Crippen MR) is 82.7 cm³/mol. The predicted octanol–water partition coefficient (Wildman–Crippen LogP) is 3.46. The molecule has 0 bridgehead atoms. The van der Waals surface area contributed by atoms with Crippen LogP contribution in [0, 0.1) is 5.92 Å². The van der Waals surface area contributed by atoms with Gasteiger partial charge in [-0.1, -0.05) is 19.3 Å². The first-order valence-electron chi connectivity index (χ1n) is 7.68. The van der Waals surface area contributed by atoms with Gasteiger partial charge in [0.05, 0.1) is 20.3 Å². The second-order valence-electron chi connectivity index (χ2n) is 5.67. The minimum Gasteiger partial charge on any atom is -0.497 e. The topological polar surface area (TPSA) is 47.6 Å². The Labute approximate surface area is 126 Å². The second kappa shape index (κ2) is 7.34. The SMILES string of the molecule is COc1ccc(OC)c([C@H](C)NC(=O)C2CCCCC2)c1. The monoisotopic (exact) mass is 291 g/mol. The van der Waals surface area contributed by atoms with E-state index >= 15 is 0 Å². The number of carbonyl (C=O) groups excluding carboxylic acids is 1. The molecule has 1 aromatic rings. The summed E-state index contributed by atoms with van der Waals surface area (Å²) in [6, 6.07) is 5.56. The molecule has 0 aliphatic heterocycles. The van der Waals surface area contributed by atoms with Gasteiger partial charge in [-0.25, -0.2) is 0 Å². The molecule has 1 atom stereocenters. The highest BCUT2D eigenvalue weighted by molar-refractivity contribution is 5.79. The van der Waals surface area contributed by atoms with Crippen LogP contribution in [0.4, 0.5) is 0 Å². The third-order valence-corrected chi connectivity index (χ3v) is 4.24. The highest BCUT2D eigenvalue weighted by Crippen LogP contribution is 2.30. The summed E-state index contributed by atoms with van der Waals surface area (Å²) in [4.78, 5) is 12.4. The zero-order chi connectivity index (χ0) is 15.2. The summed E-state index contributed by atoms with van der Waals surface area (Å²) < 4.78 is 10.6. The molecule has 0 aromatic heterocycles. The van der Waals surface area contributed by atoms with Gasteiger partial charge >= 0.3 is 0 Å². The lowest BCUT2D eigenvalue weighted by molar-refractivity contribution is -0.126. The number of ether oxygens (including phenoxy) is 2. The Morgan fingerprint density at radius 3 is 2.52 bits per heavy atom. The molecule has 0 saturated heterocycles. The fourth-order valence-electron chi connectivity index (χ4n) is 2.95. The molecular formula is C17H25NO3. The highest BCUT2D eigenvalue weighted by Gasteiger charge is 2.23. The van der Waals surface area contributed by atoms with Crippen LogP contribution in [0.1, 0.15) is 50.6 Å². The van der Waals surface area contributed by atoms with E-state index in [4.69, 9.17) is 9.47 Å². The molecule has 0 spiro atoms. The molecule has 21 heavy (non-hydrogen) atoms. The molecular weight excluding hydrogens is 266 g/mol. The van der Waals surface area contributed by atoms with Gasteiger partial charge in [-0.05, 0) is 38.0 Å².